The van der Waals surface area contributed by atoms with Crippen LogP contribution in [-0.2, 0) is 60.8 Å². The van der Waals surface area contributed by atoms with Crippen molar-refractivity contribution >= 4 is 59.1 Å². The molecule has 0 radical (unpaired) electrons. The van der Waals surface area contributed by atoms with Gasteiger partial charge in [-0.1, -0.05) is 102 Å². The van der Waals surface area contributed by atoms with Gasteiger partial charge < -0.3 is 51.3 Å². The van der Waals surface area contributed by atoms with Crippen LogP contribution in [-0.4, -0.2) is 191 Å². The zero-order chi connectivity index (χ0) is 57.4. The summed E-state index contributed by atoms with van der Waals surface area (Å²) in [6, 6.07) is 6.64. The number of amides is 10. The fourth-order valence-corrected chi connectivity index (χ4v) is 9.64. The summed E-state index contributed by atoms with van der Waals surface area (Å²) in [5, 5.41) is 25.6. The van der Waals surface area contributed by atoms with Gasteiger partial charge in [0, 0.05) is 60.5 Å². The van der Waals surface area contributed by atoms with E-state index in [2.05, 4.69) is 32.0 Å². The van der Waals surface area contributed by atoms with Crippen molar-refractivity contribution in [1.82, 2.24) is 56.6 Å². The first-order chi connectivity index (χ1) is 36.3. The Morgan fingerprint density at radius 3 is 1.58 bits per heavy atom. The number of fused-ring (bicyclic) bond motifs is 1. The van der Waals surface area contributed by atoms with Crippen molar-refractivity contribution in [2.45, 2.75) is 148 Å². The van der Waals surface area contributed by atoms with Crippen LogP contribution in [0.4, 0.5) is 0 Å². The maximum atomic E-state index is 14.8. The largest absolute Gasteiger partial charge is 0.394 e. The fraction of sp³-hybridized carbons (Fsp3) is 0.600. The summed E-state index contributed by atoms with van der Waals surface area (Å²) in [5.41, 5.74) is 4.34. The highest BCUT2D eigenvalue weighted by molar-refractivity contribution is 5.99. The number of nitrogens with zero attached hydrogens (tertiary/aromatic N) is 5. The molecule has 2 aromatic rings. The zero-order valence-electron chi connectivity index (χ0n) is 46.8. The van der Waals surface area contributed by atoms with Gasteiger partial charge in [-0.25, -0.2) is 5.43 Å². The Hall–Kier alpha value is -6.94. The number of aliphatic hydroxyl groups is 1. The summed E-state index contributed by atoms with van der Waals surface area (Å²) in [6.07, 6.45) is 0.419. The third-order valence-corrected chi connectivity index (χ3v) is 14.2. The highest BCUT2D eigenvalue weighted by Gasteiger charge is 2.44. The van der Waals surface area contributed by atoms with Crippen molar-refractivity contribution < 1.29 is 53.1 Å². The number of hydrazine groups is 1. The van der Waals surface area contributed by atoms with Crippen LogP contribution in [0, 0.1) is 17.8 Å². The molecule has 2 aliphatic rings. The van der Waals surface area contributed by atoms with Gasteiger partial charge in [-0.2, -0.15) is 0 Å². The monoisotopic (exact) mass is 1070 g/mol. The molecule has 22 heteroatoms. The van der Waals surface area contributed by atoms with E-state index >= 15 is 0 Å². The Morgan fingerprint density at radius 2 is 1.06 bits per heavy atom. The quantitative estimate of drug-likeness (QED) is 0.177. The summed E-state index contributed by atoms with van der Waals surface area (Å²) in [4.78, 5) is 147. The van der Waals surface area contributed by atoms with Crippen molar-refractivity contribution in [3.63, 3.8) is 0 Å². The van der Waals surface area contributed by atoms with Crippen molar-refractivity contribution in [3.05, 3.63) is 71.8 Å². The third kappa shape index (κ3) is 16.8. The first-order valence-corrected chi connectivity index (χ1v) is 26.6. The maximum absolute atomic E-state index is 14.8. The lowest BCUT2D eigenvalue weighted by Crippen LogP contribution is -2.66. The van der Waals surface area contributed by atoms with Crippen LogP contribution in [0.25, 0.3) is 0 Å². The molecule has 0 aliphatic carbocycles. The van der Waals surface area contributed by atoms with Crippen molar-refractivity contribution in [1.29, 1.82) is 0 Å². The van der Waals surface area contributed by atoms with E-state index in [0.29, 0.717) is 17.5 Å². The minimum Gasteiger partial charge on any atom is -0.394 e. The molecule has 0 spiro atoms. The second-order valence-corrected chi connectivity index (χ2v) is 21.3. The smallest absolute Gasteiger partial charge is 0.262 e. The van der Waals surface area contributed by atoms with Crippen molar-refractivity contribution in [2.75, 3.05) is 47.9 Å². The summed E-state index contributed by atoms with van der Waals surface area (Å²) < 4.78 is 0. The van der Waals surface area contributed by atoms with Gasteiger partial charge in [0.15, 0.2) is 0 Å². The predicted octanol–water partition coefficient (Wildman–Crippen LogP) is 0.125. The first kappa shape index (κ1) is 62.6. The number of benzene rings is 2. The fourth-order valence-electron chi connectivity index (χ4n) is 9.64. The lowest BCUT2D eigenvalue weighted by atomic mass is 9.98. The highest BCUT2D eigenvalue weighted by Crippen LogP contribution is 2.21. The normalized spacial score (nSPS) is 26.5. The Balaban J connectivity index is 1.80. The van der Waals surface area contributed by atoms with Gasteiger partial charge in [0.05, 0.1) is 6.61 Å². The number of hydrogen-bond acceptors (Lipinski definition) is 12. The molecule has 77 heavy (non-hydrogen) atoms. The number of carbonyl (C=O) groups excluding carboxylic acids is 10. The van der Waals surface area contributed by atoms with E-state index in [-0.39, 0.29) is 51.1 Å². The molecule has 2 heterocycles. The molecule has 2 fully saturated rings. The molecule has 2 saturated heterocycles. The third-order valence-electron chi connectivity index (χ3n) is 14.2. The summed E-state index contributed by atoms with van der Waals surface area (Å²) in [7, 11) is 5.57. The molecular weight excluding hydrogens is 991 g/mol. The minimum atomic E-state index is -1.57. The van der Waals surface area contributed by atoms with Gasteiger partial charge in [-0.15, -0.1) is 0 Å². The molecule has 2 aliphatic heterocycles. The van der Waals surface area contributed by atoms with Crippen molar-refractivity contribution in [2.24, 2.45) is 17.8 Å². The van der Waals surface area contributed by atoms with Crippen LogP contribution in [0.1, 0.15) is 92.2 Å². The number of nitrogens with one attached hydrogen (secondary N) is 6. The summed E-state index contributed by atoms with van der Waals surface area (Å²) in [5.74, 6) is -7.92. The van der Waals surface area contributed by atoms with Gasteiger partial charge >= 0.3 is 0 Å². The van der Waals surface area contributed by atoms with Crippen LogP contribution >= 0.6 is 0 Å². The molecule has 0 aromatic heterocycles. The molecule has 7 N–H and O–H groups in total. The second-order valence-electron chi connectivity index (χ2n) is 21.3. The molecule has 4 rings (SSSR count). The van der Waals surface area contributed by atoms with Crippen LogP contribution in [0.2, 0.25) is 0 Å². The van der Waals surface area contributed by atoms with E-state index in [1.54, 1.807) is 88.4 Å². The first-order valence-electron chi connectivity index (χ1n) is 26.6. The number of hydrogen-bond donors (Lipinski definition) is 7. The number of likely N-dealkylation sites (N-methyl/N-ethyl adjacent to an activating group) is 4. The second kappa shape index (κ2) is 29.0. The van der Waals surface area contributed by atoms with E-state index < -0.39 is 132 Å². The lowest BCUT2D eigenvalue weighted by molar-refractivity contribution is -0.159. The van der Waals surface area contributed by atoms with Gasteiger partial charge in [-0.3, -0.25) is 53.0 Å². The molecule has 0 bridgehead atoms. The number of carbonyl (C=O) groups is 10. The zero-order valence-corrected chi connectivity index (χ0v) is 46.8. The predicted molar refractivity (Wildman–Crippen MR) is 287 cm³/mol. The van der Waals surface area contributed by atoms with E-state index in [9.17, 15) is 53.1 Å². The van der Waals surface area contributed by atoms with E-state index in [1.165, 1.54) is 56.7 Å². The molecule has 10 amide bonds. The molecule has 0 saturated carbocycles. The Kier molecular flexibility index (Phi) is 23.6. The lowest BCUT2D eigenvalue weighted by Gasteiger charge is -2.41. The summed E-state index contributed by atoms with van der Waals surface area (Å²) >= 11 is 0. The van der Waals surface area contributed by atoms with E-state index in [4.69, 9.17) is 0 Å². The summed E-state index contributed by atoms with van der Waals surface area (Å²) in [6.45, 7) is 12.6. The van der Waals surface area contributed by atoms with Crippen LogP contribution < -0.4 is 32.0 Å². The average molecular weight is 1070 g/mol. The molecule has 2 aromatic carbocycles. The molecular formula is C55H83N11O11. The Bertz CT molecular complexity index is 2390. The topological polar surface area (TPSA) is 279 Å². The SMILES string of the molecule is CC(C)CC1NC(=O)C(Cc2ccccc2)N(C)C(=O)C(C)NC(=O)C(C(C)C)N(C)C(=O)CCNC(=O)C(C)NC(=O)C(C(C)C)NC(=O)C(Cc2ccccc2)N(C)C(=O)C2CCCNN2C(=O)C(CO)N(C)C1=O. The van der Waals surface area contributed by atoms with E-state index in [0.717, 1.165) is 9.91 Å². The van der Waals surface area contributed by atoms with Gasteiger partial charge in [0.25, 0.3) is 5.91 Å². The number of aliphatic hydroxyl groups excluding tert-OH is 1. The molecule has 9 atom stereocenters. The number of rotatable bonds is 9. The van der Waals surface area contributed by atoms with Crippen LogP contribution in [0.5, 0.6) is 0 Å². The van der Waals surface area contributed by atoms with Gasteiger partial charge in [0.2, 0.25) is 53.2 Å². The Labute approximate surface area is 453 Å². The maximum Gasteiger partial charge on any atom is 0.262 e. The van der Waals surface area contributed by atoms with Crippen molar-refractivity contribution in [3.8, 4) is 0 Å². The van der Waals surface area contributed by atoms with Crippen LogP contribution in [0.15, 0.2) is 60.7 Å². The molecule has 9 unspecified atom stereocenters. The molecule has 22 nitrogen and oxygen atoms in total. The minimum absolute atomic E-state index is 0.000600. The standard InChI is InChI=1S/C55H83N11O11/c1-32(2)28-39-53(75)64(11)43(31-67)55(77)66-40(24-19-26-57-66)54(76)63(10)42(30-38-22-17-14-18-23-38)49(71)61-45(33(3)4)50(72)58-35(7)47(69)56-27-25-44(68)65(12)46(34(5)6)51(73)59-36(8)52(74)62(9)41(48(70)60-39)29-37-20-15-13-16-21-37/h13-18,20-23,32-36,39-43,45-46,57,67H,19,24-31H2,1-12H3,(H,56,69)(H,58,72)(H,59,73)(H,60,70)(H,61,71). The highest BCUT2D eigenvalue weighted by atomic mass is 16.3. The van der Waals surface area contributed by atoms with E-state index in [1.807, 2.05) is 13.8 Å². The molecule has 424 valence electrons. The van der Waals surface area contributed by atoms with Gasteiger partial charge in [0.1, 0.15) is 54.4 Å². The van der Waals surface area contributed by atoms with Crippen LogP contribution in [0.3, 0.4) is 0 Å². The Morgan fingerprint density at radius 1 is 0.545 bits per heavy atom. The van der Waals surface area contributed by atoms with Gasteiger partial charge in [-0.05, 0) is 62.0 Å². The average Bonchev–Trinajstić information content (AvgIpc) is 3.39.